The van der Waals surface area contributed by atoms with Gasteiger partial charge < -0.3 is 14.8 Å². The van der Waals surface area contributed by atoms with Crippen LogP contribution >= 0.6 is 0 Å². The summed E-state index contributed by atoms with van der Waals surface area (Å²) in [5.41, 5.74) is 1.26. The van der Waals surface area contributed by atoms with Gasteiger partial charge in [0.05, 0.1) is 23.0 Å². The topological polar surface area (TPSA) is 91.0 Å². The van der Waals surface area contributed by atoms with Gasteiger partial charge in [0, 0.05) is 30.7 Å². The van der Waals surface area contributed by atoms with E-state index in [9.17, 15) is 14.0 Å². The molecule has 3 aromatic rings. The Morgan fingerprint density at radius 3 is 2.90 bits per heavy atom. The molecule has 8 heteroatoms. The molecule has 1 aliphatic heterocycles. The van der Waals surface area contributed by atoms with Gasteiger partial charge >= 0.3 is 0 Å². The molecule has 4 rings (SSSR count). The van der Waals surface area contributed by atoms with Crippen molar-refractivity contribution in [1.82, 2.24) is 9.55 Å². The number of hydrogen-bond acceptors (Lipinski definition) is 4. The smallest absolute Gasteiger partial charge is 0.275 e. The van der Waals surface area contributed by atoms with Crippen LogP contribution in [0, 0.1) is 17.1 Å². The van der Waals surface area contributed by atoms with E-state index in [2.05, 4.69) is 10.3 Å². The summed E-state index contributed by atoms with van der Waals surface area (Å²) >= 11 is 0. The Hall–Kier alpha value is -3.99. The number of anilines is 2. The van der Waals surface area contributed by atoms with Crippen molar-refractivity contribution in [2.45, 2.75) is 13.0 Å². The monoisotopic (exact) mass is 389 g/mol. The zero-order chi connectivity index (χ0) is 20.5. The number of nitriles is 1. The van der Waals surface area contributed by atoms with Crippen molar-refractivity contribution in [1.29, 1.82) is 5.26 Å². The molecule has 144 valence electrons. The summed E-state index contributed by atoms with van der Waals surface area (Å²) in [6.07, 6.45) is 4.81. The van der Waals surface area contributed by atoms with Crippen molar-refractivity contribution in [2.75, 3.05) is 16.8 Å². The number of aromatic nitrogens is 2. The van der Waals surface area contributed by atoms with E-state index < -0.39 is 11.7 Å². The van der Waals surface area contributed by atoms with Crippen LogP contribution in [0.4, 0.5) is 15.8 Å². The standard InChI is InChI=1S/C21H16FN5O2/c1-13-12-27(16-4-5-18(22)14(9-16)10-23)21(29)19-17(6-8-26(13)19)20(28)25-15-3-2-7-24-11-15/h2-9,11,13H,12H2,1H3,(H,25,28)/t13-/m0/s1. The number of pyridine rings is 1. The molecule has 1 aliphatic rings. The van der Waals surface area contributed by atoms with Gasteiger partial charge in [-0.25, -0.2) is 4.39 Å². The summed E-state index contributed by atoms with van der Waals surface area (Å²) < 4.78 is 15.4. The lowest BCUT2D eigenvalue weighted by Crippen LogP contribution is -2.43. The molecule has 7 nitrogen and oxygen atoms in total. The van der Waals surface area contributed by atoms with E-state index in [1.165, 1.54) is 23.2 Å². The van der Waals surface area contributed by atoms with Gasteiger partial charge in [0.2, 0.25) is 0 Å². The van der Waals surface area contributed by atoms with Crippen LogP contribution in [0.5, 0.6) is 0 Å². The van der Waals surface area contributed by atoms with E-state index in [0.29, 0.717) is 17.9 Å². The summed E-state index contributed by atoms with van der Waals surface area (Å²) in [6.45, 7) is 2.25. The van der Waals surface area contributed by atoms with Crippen LogP contribution in [0.25, 0.3) is 0 Å². The number of carbonyl (C=O) groups is 2. The van der Waals surface area contributed by atoms with E-state index in [4.69, 9.17) is 5.26 Å². The van der Waals surface area contributed by atoms with Crippen LogP contribution in [0.2, 0.25) is 0 Å². The maximum atomic E-state index is 13.7. The van der Waals surface area contributed by atoms with Gasteiger partial charge in [0.1, 0.15) is 17.6 Å². The first-order valence-corrected chi connectivity index (χ1v) is 8.93. The summed E-state index contributed by atoms with van der Waals surface area (Å²) in [5.74, 6) is -1.46. The fourth-order valence-corrected chi connectivity index (χ4v) is 3.41. The normalized spacial score (nSPS) is 15.6. The van der Waals surface area contributed by atoms with Crippen LogP contribution < -0.4 is 10.2 Å². The maximum absolute atomic E-state index is 13.7. The molecule has 0 fully saturated rings. The second-order valence-electron chi connectivity index (χ2n) is 6.72. The quantitative estimate of drug-likeness (QED) is 0.744. The first-order valence-electron chi connectivity index (χ1n) is 8.93. The predicted octanol–water partition coefficient (Wildman–Crippen LogP) is 3.37. The highest BCUT2D eigenvalue weighted by Crippen LogP contribution is 2.30. The lowest BCUT2D eigenvalue weighted by Gasteiger charge is -2.33. The van der Waals surface area contributed by atoms with E-state index in [-0.39, 0.29) is 28.8 Å². The summed E-state index contributed by atoms with van der Waals surface area (Å²) in [7, 11) is 0. The lowest BCUT2D eigenvalue weighted by molar-refractivity contribution is 0.0942. The fourth-order valence-electron chi connectivity index (χ4n) is 3.41. The summed E-state index contributed by atoms with van der Waals surface area (Å²) in [6, 6.07) is 10.6. The number of nitrogens with one attached hydrogen (secondary N) is 1. The van der Waals surface area contributed by atoms with Crippen molar-refractivity contribution in [3.05, 3.63) is 77.6 Å². The van der Waals surface area contributed by atoms with Gasteiger partial charge in [-0.3, -0.25) is 14.6 Å². The van der Waals surface area contributed by atoms with Crippen LogP contribution in [-0.4, -0.2) is 27.9 Å². The molecule has 0 spiro atoms. The van der Waals surface area contributed by atoms with Crippen LogP contribution in [0.15, 0.2) is 55.0 Å². The molecule has 3 heterocycles. The number of amides is 2. The predicted molar refractivity (Wildman–Crippen MR) is 104 cm³/mol. The van der Waals surface area contributed by atoms with Crippen molar-refractivity contribution in [2.24, 2.45) is 0 Å². The molecule has 29 heavy (non-hydrogen) atoms. The fraction of sp³-hybridized carbons (Fsp3) is 0.143. The minimum atomic E-state index is -0.645. The third-order valence-corrected chi connectivity index (χ3v) is 4.83. The molecule has 0 unspecified atom stereocenters. The first kappa shape index (κ1) is 18.4. The zero-order valence-electron chi connectivity index (χ0n) is 15.5. The van der Waals surface area contributed by atoms with Crippen molar-refractivity contribution in [3.8, 4) is 6.07 Å². The van der Waals surface area contributed by atoms with E-state index in [1.807, 2.05) is 6.92 Å². The average Bonchev–Trinajstić information content (AvgIpc) is 3.18. The molecule has 0 radical (unpaired) electrons. The van der Waals surface area contributed by atoms with Gasteiger partial charge in [-0.1, -0.05) is 0 Å². The van der Waals surface area contributed by atoms with Gasteiger partial charge in [-0.15, -0.1) is 0 Å². The molecule has 0 saturated carbocycles. The third-order valence-electron chi connectivity index (χ3n) is 4.83. The van der Waals surface area contributed by atoms with Crippen molar-refractivity contribution >= 4 is 23.2 Å². The molecular formula is C21H16FN5O2. The second-order valence-corrected chi connectivity index (χ2v) is 6.72. The van der Waals surface area contributed by atoms with E-state index in [0.717, 1.165) is 6.07 Å². The molecular weight excluding hydrogens is 373 g/mol. The minimum absolute atomic E-state index is 0.113. The minimum Gasteiger partial charge on any atom is -0.338 e. The summed E-state index contributed by atoms with van der Waals surface area (Å²) in [4.78, 5) is 31.4. The Kier molecular flexibility index (Phi) is 4.56. The third kappa shape index (κ3) is 3.23. The molecule has 1 atom stereocenters. The number of rotatable bonds is 3. The highest BCUT2D eigenvalue weighted by Gasteiger charge is 2.34. The van der Waals surface area contributed by atoms with E-state index in [1.54, 1.807) is 41.2 Å². The summed E-state index contributed by atoms with van der Waals surface area (Å²) in [5, 5.41) is 11.8. The molecule has 0 aliphatic carbocycles. The number of benzene rings is 1. The average molecular weight is 389 g/mol. The van der Waals surface area contributed by atoms with Gasteiger partial charge in [-0.05, 0) is 43.3 Å². The van der Waals surface area contributed by atoms with E-state index >= 15 is 0 Å². The largest absolute Gasteiger partial charge is 0.338 e. The van der Waals surface area contributed by atoms with Crippen LogP contribution in [0.1, 0.15) is 39.4 Å². The Morgan fingerprint density at radius 1 is 1.34 bits per heavy atom. The number of halogens is 1. The first-order chi connectivity index (χ1) is 14.0. The second kappa shape index (κ2) is 7.20. The highest BCUT2D eigenvalue weighted by atomic mass is 19.1. The number of carbonyl (C=O) groups excluding carboxylic acids is 2. The molecule has 2 amide bonds. The number of nitrogens with zero attached hydrogens (tertiary/aromatic N) is 4. The van der Waals surface area contributed by atoms with Crippen LogP contribution in [-0.2, 0) is 0 Å². The lowest BCUT2D eigenvalue weighted by atomic mass is 10.1. The highest BCUT2D eigenvalue weighted by molar-refractivity contribution is 6.16. The molecule has 0 bridgehead atoms. The molecule has 0 saturated heterocycles. The van der Waals surface area contributed by atoms with Crippen molar-refractivity contribution in [3.63, 3.8) is 0 Å². The number of fused-ring (bicyclic) bond motifs is 1. The van der Waals surface area contributed by atoms with Crippen LogP contribution in [0.3, 0.4) is 0 Å². The Morgan fingerprint density at radius 2 is 2.17 bits per heavy atom. The Bertz CT molecular complexity index is 1150. The maximum Gasteiger partial charge on any atom is 0.275 e. The molecule has 2 aromatic heterocycles. The van der Waals surface area contributed by atoms with Gasteiger partial charge in [0.25, 0.3) is 11.8 Å². The van der Waals surface area contributed by atoms with Gasteiger partial charge in [-0.2, -0.15) is 5.26 Å². The Labute approximate surface area is 166 Å². The van der Waals surface area contributed by atoms with Gasteiger partial charge in [0.15, 0.2) is 0 Å². The molecule has 1 aromatic carbocycles. The number of hydrogen-bond donors (Lipinski definition) is 1. The Balaban J connectivity index is 1.70. The van der Waals surface area contributed by atoms with Crippen molar-refractivity contribution < 1.29 is 14.0 Å². The molecule has 1 N–H and O–H groups in total. The SMILES string of the molecule is C[C@H]1CN(c2ccc(F)c(C#N)c2)C(=O)c2c(C(=O)Nc3cccnc3)ccn21. The zero-order valence-corrected chi connectivity index (χ0v) is 15.5.